The number of ether oxygens (including phenoxy) is 1. The van der Waals surface area contributed by atoms with E-state index in [-0.39, 0.29) is 29.9 Å². The highest BCUT2D eigenvalue weighted by Gasteiger charge is 2.60. The number of nitrogens with one attached hydrogen (secondary N) is 1. The van der Waals surface area contributed by atoms with Crippen molar-refractivity contribution in [1.29, 1.82) is 0 Å². The Bertz CT molecular complexity index is 871. The number of hydrogen-bond donors (Lipinski definition) is 2. The minimum atomic E-state index is -4.78. The highest BCUT2D eigenvalue weighted by atomic mass is 79.9. The number of carbonyl (C=O) groups excluding carboxylic acids is 1. The third-order valence-electron chi connectivity index (χ3n) is 6.53. The fourth-order valence-electron chi connectivity index (χ4n) is 4.45. The quantitative estimate of drug-likeness (QED) is 0.200. The molecular weight excluding hydrogens is 533 g/mol. The van der Waals surface area contributed by atoms with Gasteiger partial charge in [-0.3, -0.25) is 4.79 Å². The lowest BCUT2D eigenvalue weighted by Crippen LogP contribution is -2.51. The van der Waals surface area contributed by atoms with Crippen LogP contribution in [0.3, 0.4) is 0 Å². The number of amides is 1. The van der Waals surface area contributed by atoms with Gasteiger partial charge in [0, 0.05) is 25.1 Å². The molecule has 8 heteroatoms. The summed E-state index contributed by atoms with van der Waals surface area (Å²) in [6, 6.07) is 8.71. The van der Waals surface area contributed by atoms with E-state index < -0.39 is 23.9 Å². The van der Waals surface area contributed by atoms with Crippen LogP contribution >= 0.6 is 15.9 Å². The number of rotatable bonds is 16. The molecule has 0 saturated heterocycles. The predicted octanol–water partition coefficient (Wildman–Crippen LogP) is 7.64. The Kier molecular flexibility index (Phi) is 13.1. The Morgan fingerprint density at radius 3 is 2.17 bits per heavy atom. The zero-order chi connectivity index (χ0) is 26.4. The first-order chi connectivity index (χ1) is 17.3. The number of nitrogens with two attached hydrogens (primary N) is 1. The molecule has 0 radical (unpaired) electrons. The minimum Gasteiger partial charge on any atom is -0.491 e. The maximum atomic E-state index is 14.5. The van der Waals surface area contributed by atoms with Crippen LogP contribution in [0.25, 0.3) is 5.57 Å². The van der Waals surface area contributed by atoms with Crippen molar-refractivity contribution in [2.24, 2.45) is 11.1 Å². The van der Waals surface area contributed by atoms with Gasteiger partial charge in [0.15, 0.2) is 5.41 Å². The summed E-state index contributed by atoms with van der Waals surface area (Å²) in [5, 5.41) is 2.57. The van der Waals surface area contributed by atoms with Crippen molar-refractivity contribution in [3.05, 3.63) is 52.2 Å². The fourth-order valence-corrected chi connectivity index (χ4v) is 5.20. The Labute approximate surface area is 222 Å². The van der Waals surface area contributed by atoms with E-state index in [1.54, 1.807) is 30.3 Å². The van der Waals surface area contributed by atoms with Crippen LogP contribution < -0.4 is 11.1 Å². The van der Waals surface area contributed by atoms with E-state index in [2.05, 4.69) is 28.2 Å². The predicted molar refractivity (Wildman–Crippen MR) is 143 cm³/mol. The van der Waals surface area contributed by atoms with Crippen LogP contribution in [0.5, 0.6) is 0 Å². The Morgan fingerprint density at radius 2 is 1.61 bits per heavy atom. The maximum absolute atomic E-state index is 14.5. The molecule has 0 spiro atoms. The molecule has 36 heavy (non-hydrogen) atoms. The van der Waals surface area contributed by atoms with E-state index in [0.717, 1.165) is 25.3 Å². The van der Waals surface area contributed by atoms with E-state index in [1.807, 2.05) is 0 Å². The second kappa shape index (κ2) is 15.5. The topological polar surface area (TPSA) is 64.3 Å². The van der Waals surface area contributed by atoms with E-state index >= 15 is 0 Å². The molecule has 0 heterocycles. The summed E-state index contributed by atoms with van der Waals surface area (Å²) in [6.45, 7) is 2.79. The van der Waals surface area contributed by atoms with Crippen LogP contribution in [0, 0.1) is 5.41 Å². The number of carbonyl (C=O) groups is 1. The Hall–Kier alpha value is -1.80. The smallest absolute Gasteiger partial charge is 0.406 e. The van der Waals surface area contributed by atoms with Crippen LogP contribution in [0.15, 0.2) is 46.6 Å². The minimum absolute atomic E-state index is 0.104. The number of allylic oxidation sites excluding steroid dienone is 2. The molecular formula is C28H40BrF3N2O2. The average molecular weight is 574 g/mol. The molecule has 0 aliphatic heterocycles. The second-order valence-electron chi connectivity index (χ2n) is 9.39. The van der Waals surface area contributed by atoms with Gasteiger partial charge in [-0.05, 0) is 34.0 Å². The van der Waals surface area contributed by atoms with E-state index in [9.17, 15) is 18.0 Å². The van der Waals surface area contributed by atoms with E-state index in [4.69, 9.17) is 10.5 Å². The molecule has 1 aliphatic rings. The molecule has 1 amide bonds. The van der Waals surface area contributed by atoms with Gasteiger partial charge in [-0.15, -0.1) is 0 Å². The molecule has 1 atom stereocenters. The van der Waals surface area contributed by atoms with Gasteiger partial charge in [0.2, 0.25) is 5.91 Å². The first-order valence-corrected chi connectivity index (χ1v) is 13.9. The monoisotopic (exact) mass is 572 g/mol. The van der Waals surface area contributed by atoms with Gasteiger partial charge >= 0.3 is 6.18 Å². The maximum Gasteiger partial charge on any atom is 0.406 e. The summed E-state index contributed by atoms with van der Waals surface area (Å²) < 4.78 is 49.3. The Morgan fingerprint density at radius 1 is 1.03 bits per heavy atom. The van der Waals surface area contributed by atoms with Gasteiger partial charge < -0.3 is 15.8 Å². The molecule has 1 unspecified atom stereocenters. The number of benzene rings is 1. The summed E-state index contributed by atoms with van der Waals surface area (Å²) in [5.41, 5.74) is 3.76. The SMILES string of the molecule is CCCCCCCCCCCCNC(=O)C1(C(F)(F)F)C=C(Br)C(OCCN)=C(c2ccccc2)C1. The average Bonchev–Trinajstić information content (AvgIpc) is 2.85. The molecule has 0 saturated carbocycles. The standard InChI is InChI=1S/C28H40BrF3N2O2/c1-2-3-4-5-6-7-8-9-10-14-18-34-26(35)27(28(30,31)32)20-23(22-15-12-11-13-16-22)25(24(29)21-27)36-19-17-33/h11-13,15-16,21H,2-10,14,17-20,33H2,1H3,(H,34,35). The molecule has 0 aromatic heterocycles. The molecule has 2 rings (SSSR count). The van der Waals surface area contributed by atoms with Gasteiger partial charge in [-0.1, -0.05) is 95.0 Å². The van der Waals surface area contributed by atoms with Crippen LogP contribution in [-0.4, -0.2) is 31.8 Å². The highest BCUT2D eigenvalue weighted by molar-refractivity contribution is 9.12. The molecule has 3 N–H and O–H groups in total. The van der Waals surface area contributed by atoms with Gasteiger partial charge in [-0.25, -0.2) is 0 Å². The van der Waals surface area contributed by atoms with Gasteiger partial charge in [-0.2, -0.15) is 13.2 Å². The lowest BCUT2D eigenvalue weighted by Gasteiger charge is -2.36. The third-order valence-corrected chi connectivity index (χ3v) is 7.12. The van der Waals surface area contributed by atoms with Gasteiger partial charge in [0.05, 0.1) is 4.48 Å². The lowest BCUT2D eigenvalue weighted by molar-refractivity contribution is -0.206. The van der Waals surface area contributed by atoms with Crippen molar-refractivity contribution in [3.63, 3.8) is 0 Å². The molecule has 1 aromatic carbocycles. The number of hydrogen-bond acceptors (Lipinski definition) is 3. The largest absolute Gasteiger partial charge is 0.491 e. The highest BCUT2D eigenvalue weighted by Crippen LogP contribution is 2.52. The molecule has 202 valence electrons. The van der Waals surface area contributed by atoms with Crippen molar-refractivity contribution >= 4 is 27.4 Å². The molecule has 1 aliphatic carbocycles. The van der Waals surface area contributed by atoms with Gasteiger partial charge in [0.25, 0.3) is 0 Å². The van der Waals surface area contributed by atoms with E-state index in [1.165, 1.54) is 38.5 Å². The van der Waals surface area contributed by atoms with Crippen LogP contribution in [-0.2, 0) is 9.53 Å². The molecule has 4 nitrogen and oxygen atoms in total. The van der Waals surface area contributed by atoms with Gasteiger partial charge in [0.1, 0.15) is 12.4 Å². The van der Waals surface area contributed by atoms with E-state index in [0.29, 0.717) is 17.6 Å². The molecule has 0 fully saturated rings. The summed E-state index contributed by atoms with van der Waals surface area (Å²) in [6.07, 6.45) is 6.83. The normalized spacial score (nSPS) is 18.2. The van der Waals surface area contributed by atoms with Crippen LogP contribution in [0.4, 0.5) is 13.2 Å². The van der Waals surface area contributed by atoms with Crippen molar-refractivity contribution < 1.29 is 22.7 Å². The zero-order valence-corrected chi connectivity index (χ0v) is 22.9. The van der Waals surface area contributed by atoms with Crippen LogP contribution in [0.2, 0.25) is 0 Å². The third kappa shape index (κ3) is 8.65. The Balaban J connectivity index is 2.03. The molecule has 1 aromatic rings. The second-order valence-corrected chi connectivity index (χ2v) is 10.2. The lowest BCUT2D eigenvalue weighted by atomic mass is 9.74. The zero-order valence-electron chi connectivity index (χ0n) is 21.3. The fraction of sp³-hybridized carbons (Fsp3) is 0.607. The van der Waals surface area contributed by atoms with Crippen molar-refractivity contribution in [3.8, 4) is 0 Å². The van der Waals surface area contributed by atoms with Crippen LogP contribution in [0.1, 0.15) is 83.1 Å². The summed E-state index contributed by atoms with van der Waals surface area (Å²) in [7, 11) is 0. The first-order valence-electron chi connectivity index (χ1n) is 13.1. The first kappa shape index (κ1) is 30.4. The van der Waals surface area contributed by atoms with Crippen molar-refractivity contribution in [1.82, 2.24) is 5.32 Å². The number of alkyl halides is 3. The number of halogens is 4. The summed E-state index contributed by atoms with van der Waals surface area (Å²) in [5.74, 6) is -0.747. The van der Waals surface area contributed by atoms with Crippen molar-refractivity contribution in [2.45, 2.75) is 83.7 Å². The number of unbranched alkanes of at least 4 members (excludes halogenated alkanes) is 9. The summed E-state index contributed by atoms with van der Waals surface area (Å²) in [4.78, 5) is 13.1. The molecule has 0 bridgehead atoms. The summed E-state index contributed by atoms with van der Waals surface area (Å²) >= 11 is 3.25. The van der Waals surface area contributed by atoms with Crippen molar-refractivity contribution in [2.75, 3.05) is 19.7 Å².